The first-order valence-electron chi connectivity index (χ1n) is 5.19. The van der Waals surface area contributed by atoms with Crippen molar-refractivity contribution in [3.8, 4) is 0 Å². The number of carbonyl (C=O) groups is 1. The highest BCUT2D eigenvalue weighted by molar-refractivity contribution is 5.83. The third kappa shape index (κ3) is 2.09. The molecule has 1 aromatic carbocycles. The maximum Gasteiger partial charge on any atom is 0.314 e. The summed E-state index contributed by atoms with van der Waals surface area (Å²) in [5.41, 5.74) is 3.74. The molecular formula is C12H15F2NO2. The molecule has 0 fully saturated rings. The fourth-order valence-electron chi connectivity index (χ4n) is 1.69. The molecule has 1 aromatic rings. The van der Waals surface area contributed by atoms with E-state index in [-0.39, 0.29) is 17.2 Å². The van der Waals surface area contributed by atoms with E-state index in [2.05, 4.69) is 0 Å². The molecule has 5 heteroatoms. The number of hydrogen-bond acceptors (Lipinski definition) is 2. The van der Waals surface area contributed by atoms with Gasteiger partial charge < -0.3 is 10.8 Å². The molecule has 0 spiro atoms. The molecule has 1 atom stereocenters. The Morgan fingerprint density at radius 1 is 1.41 bits per heavy atom. The lowest BCUT2D eigenvalue weighted by Gasteiger charge is -2.30. The maximum absolute atomic E-state index is 13.3. The van der Waals surface area contributed by atoms with Gasteiger partial charge in [-0.3, -0.25) is 4.79 Å². The molecule has 17 heavy (non-hydrogen) atoms. The number of nitrogens with two attached hydrogens (primary N) is 1. The van der Waals surface area contributed by atoms with Crippen LogP contribution in [0, 0.1) is 17.6 Å². The van der Waals surface area contributed by atoms with E-state index in [9.17, 15) is 18.7 Å². The Kier molecular flexibility index (Phi) is 3.40. The van der Waals surface area contributed by atoms with Crippen LogP contribution >= 0.6 is 0 Å². The first-order chi connectivity index (χ1) is 7.71. The van der Waals surface area contributed by atoms with Crippen molar-refractivity contribution >= 4 is 11.7 Å². The van der Waals surface area contributed by atoms with E-state index in [1.807, 2.05) is 0 Å². The molecule has 0 heterocycles. The molecular weight excluding hydrogens is 228 g/mol. The van der Waals surface area contributed by atoms with Gasteiger partial charge in [0.1, 0.15) is 11.6 Å². The van der Waals surface area contributed by atoms with Crippen molar-refractivity contribution in [1.29, 1.82) is 0 Å². The lowest BCUT2D eigenvalue weighted by atomic mass is 9.72. The number of benzene rings is 1. The van der Waals surface area contributed by atoms with Crippen molar-refractivity contribution in [2.75, 3.05) is 5.73 Å². The summed E-state index contributed by atoms with van der Waals surface area (Å²) in [5, 5.41) is 9.26. The third-order valence-corrected chi connectivity index (χ3v) is 3.25. The molecule has 0 bridgehead atoms. The van der Waals surface area contributed by atoms with Gasteiger partial charge in [0.15, 0.2) is 0 Å². The number of aliphatic carboxylic acids is 1. The van der Waals surface area contributed by atoms with Gasteiger partial charge in [0.25, 0.3) is 0 Å². The molecule has 0 aromatic heterocycles. The highest BCUT2D eigenvalue weighted by Gasteiger charge is 2.41. The van der Waals surface area contributed by atoms with E-state index in [4.69, 9.17) is 5.73 Å². The number of halogens is 2. The third-order valence-electron chi connectivity index (χ3n) is 3.25. The van der Waals surface area contributed by atoms with Crippen LogP contribution in [0.4, 0.5) is 14.5 Å². The predicted octanol–water partition coefficient (Wildman–Crippen LogP) is 2.55. The van der Waals surface area contributed by atoms with Crippen LogP contribution in [0.5, 0.6) is 0 Å². The molecule has 0 aliphatic heterocycles. The van der Waals surface area contributed by atoms with E-state index < -0.39 is 23.0 Å². The van der Waals surface area contributed by atoms with Gasteiger partial charge in [0.2, 0.25) is 0 Å². The second-order valence-electron chi connectivity index (χ2n) is 4.51. The summed E-state index contributed by atoms with van der Waals surface area (Å²) in [6.45, 7) is 4.73. The normalized spacial score (nSPS) is 14.7. The van der Waals surface area contributed by atoms with Crippen molar-refractivity contribution < 1.29 is 18.7 Å². The molecule has 0 aliphatic carbocycles. The summed E-state index contributed by atoms with van der Waals surface area (Å²) in [5.74, 6) is -3.29. The van der Waals surface area contributed by atoms with E-state index >= 15 is 0 Å². The van der Waals surface area contributed by atoms with Crippen molar-refractivity contribution in [2.45, 2.75) is 26.2 Å². The van der Waals surface area contributed by atoms with Gasteiger partial charge in [-0.05, 0) is 24.5 Å². The van der Waals surface area contributed by atoms with Crippen molar-refractivity contribution in [3.05, 3.63) is 29.3 Å². The van der Waals surface area contributed by atoms with Gasteiger partial charge in [-0.2, -0.15) is 0 Å². The number of hydrogen-bond donors (Lipinski definition) is 2. The number of anilines is 1. The molecule has 0 aliphatic rings. The minimum Gasteiger partial charge on any atom is -0.481 e. The van der Waals surface area contributed by atoms with Crippen LogP contribution in [0.15, 0.2) is 12.1 Å². The molecule has 0 amide bonds. The number of rotatable bonds is 3. The van der Waals surface area contributed by atoms with Crippen LogP contribution in [0.3, 0.4) is 0 Å². The lowest BCUT2D eigenvalue weighted by Crippen LogP contribution is -2.38. The largest absolute Gasteiger partial charge is 0.481 e. The molecule has 1 unspecified atom stereocenters. The van der Waals surface area contributed by atoms with Crippen molar-refractivity contribution in [2.24, 2.45) is 5.92 Å². The van der Waals surface area contributed by atoms with Crippen LogP contribution in [0.2, 0.25) is 0 Å². The topological polar surface area (TPSA) is 63.3 Å². The molecule has 94 valence electrons. The summed E-state index contributed by atoms with van der Waals surface area (Å²) in [4.78, 5) is 11.3. The molecule has 0 saturated carbocycles. The molecule has 3 N–H and O–H groups in total. The first kappa shape index (κ1) is 13.4. The summed E-state index contributed by atoms with van der Waals surface area (Å²) in [7, 11) is 0. The average molecular weight is 243 g/mol. The number of nitrogen functional groups attached to an aromatic ring is 1. The van der Waals surface area contributed by atoms with Gasteiger partial charge in [0.05, 0.1) is 11.1 Å². The maximum atomic E-state index is 13.3. The Bertz CT molecular complexity index is 460. The smallest absolute Gasteiger partial charge is 0.314 e. The second-order valence-corrected chi connectivity index (χ2v) is 4.51. The Labute approximate surface area is 98.2 Å². The zero-order valence-electron chi connectivity index (χ0n) is 9.92. The van der Waals surface area contributed by atoms with Gasteiger partial charge >= 0.3 is 5.97 Å². The van der Waals surface area contributed by atoms with Crippen LogP contribution < -0.4 is 5.73 Å². The summed E-state index contributed by atoms with van der Waals surface area (Å²) in [6, 6.07) is 1.62. The van der Waals surface area contributed by atoms with Gasteiger partial charge in [-0.25, -0.2) is 8.78 Å². The molecule has 0 radical (unpaired) electrons. The van der Waals surface area contributed by atoms with Crippen LogP contribution in [0.1, 0.15) is 26.3 Å². The average Bonchev–Trinajstić information content (AvgIpc) is 2.21. The Morgan fingerprint density at radius 3 is 2.35 bits per heavy atom. The number of carboxylic acids is 1. The zero-order chi connectivity index (χ0) is 13.4. The van der Waals surface area contributed by atoms with Gasteiger partial charge in [0, 0.05) is 6.07 Å². The standard InChI is InChI=1S/C12H15F2NO2/c1-6(2)12(3,11(16)17)8-4-7(13)5-9(14)10(8)15/h4-6H,15H2,1-3H3,(H,16,17). The summed E-state index contributed by atoms with van der Waals surface area (Å²) < 4.78 is 26.5. The lowest BCUT2D eigenvalue weighted by molar-refractivity contribution is -0.144. The van der Waals surface area contributed by atoms with E-state index in [1.54, 1.807) is 13.8 Å². The zero-order valence-corrected chi connectivity index (χ0v) is 9.92. The van der Waals surface area contributed by atoms with Gasteiger partial charge in [-0.15, -0.1) is 0 Å². The van der Waals surface area contributed by atoms with E-state index in [0.717, 1.165) is 6.07 Å². The highest BCUT2D eigenvalue weighted by Crippen LogP contribution is 2.37. The van der Waals surface area contributed by atoms with Crippen molar-refractivity contribution in [3.63, 3.8) is 0 Å². The Hall–Kier alpha value is -1.65. The minimum atomic E-state index is -1.42. The first-order valence-corrected chi connectivity index (χ1v) is 5.19. The Morgan fingerprint density at radius 2 is 1.94 bits per heavy atom. The predicted molar refractivity (Wildman–Crippen MR) is 60.6 cm³/mol. The minimum absolute atomic E-state index is 0.0301. The van der Waals surface area contributed by atoms with Gasteiger partial charge in [-0.1, -0.05) is 13.8 Å². The van der Waals surface area contributed by atoms with Crippen LogP contribution in [-0.4, -0.2) is 11.1 Å². The Balaban J connectivity index is 3.55. The molecule has 1 rings (SSSR count). The van der Waals surface area contributed by atoms with E-state index in [0.29, 0.717) is 6.07 Å². The van der Waals surface area contributed by atoms with Crippen molar-refractivity contribution in [1.82, 2.24) is 0 Å². The highest BCUT2D eigenvalue weighted by atomic mass is 19.1. The fraction of sp³-hybridized carbons (Fsp3) is 0.417. The SMILES string of the molecule is CC(C)C(C)(C(=O)O)c1cc(F)cc(F)c1N. The molecule has 0 saturated heterocycles. The quantitative estimate of drug-likeness (QED) is 0.802. The fourth-order valence-corrected chi connectivity index (χ4v) is 1.69. The van der Waals surface area contributed by atoms with Crippen LogP contribution in [0.25, 0.3) is 0 Å². The molecule has 3 nitrogen and oxygen atoms in total. The van der Waals surface area contributed by atoms with E-state index in [1.165, 1.54) is 6.92 Å². The summed E-state index contributed by atoms with van der Waals surface area (Å²) in [6.07, 6.45) is 0. The monoisotopic (exact) mass is 243 g/mol. The summed E-state index contributed by atoms with van der Waals surface area (Å²) >= 11 is 0. The second kappa shape index (κ2) is 4.31. The van der Waals surface area contributed by atoms with Crippen LogP contribution in [-0.2, 0) is 10.2 Å². The number of carboxylic acid groups (broad SMARTS) is 1.